The quantitative estimate of drug-likeness (QED) is 0.586. The summed E-state index contributed by atoms with van der Waals surface area (Å²) in [4.78, 5) is 7.92. The van der Waals surface area contributed by atoms with Crippen LogP contribution in [0.4, 0.5) is 26.3 Å². The molecule has 0 aliphatic carbocycles. The Hall–Kier alpha value is -0.270. The Morgan fingerprint density at radius 3 is 1.77 bits per heavy atom. The summed E-state index contributed by atoms with van der Waals surface area (Å²) in [6.07, 6.45) is -5.08. The van der Waals surface area contributed by atoms with Crippen molar-refractivity contribution in [2.24, 2.45) is 0 Å². The number of hydrogen-bond donors (Lipinski definition) is 1. The zero-order valence-electron chi connectivity index (χ0n) is 5.69. The fourth-order valence-corrected chi connectivity index (χ4v) is 0.702. The molecule has 1 atom stereocenters. The van der Waals surface area contributed by atoms with Crippen LogP contribution in [0.2, 0.25) is 0 Å². The molecule has 3 nitrogen and oxygen atoms in total. The maximum absolute atomic E-state index is 11.4. The van der Waals surface area contributed by atoms with Gasteiger partial charge in [0.15, 0.2) is 6.61 Å². The highest BCUT2D eigenvalue weighted by atomic mass is 31.2. The molecule has 0 aromatic carbocycles. The molecule has 1 unspecified atom stereocenters. The minimum Gasteiger partial charge on any atom is -0.318 e. The second-order valence-electron chi connectivity index (χ2n) is 1.88. The number of alkyl halides is 6. The molecule has 0 aromatic heterocycles. The normalized spacial score (nSPS) is 18.4. The van der Waals surface area contributed by atoms with E-state index in [4.69, 9.17) is 4.89 Å². The average Bonchev–Trinajstić information content (AvgIpc) is 1.79. The molecule has 0 heterocycles. The Morgan fingerprint density at radius 1 is 1.15 bits per heavy atom. The second-order valence-corrected chi connectivity index (χ2v) is 3.68. The van der Waals surface area contributed by atoms with Crippen molar-refractivity contribution < 1.29 is 40.3 Å². The Kier molecular flexibility index (Phi) is 3.40. The topological polar surface area (TPSA) is 46.5 Å². The lowest BCUT2D eigenvalue weighted by Crippen LogP contribution is -2.20. The summed E-state index contributed by atoms with van der Waals surface area (Å²) in [5.41, 5.74) is 0. The fraction of sp³-hybridized carbons (Fsp3) is 1.00. The monoisotopic (exact) mass is 232 g/mol. The lowest BCUT2D eigenvalue weighted by Gasteiger charge is -2.15. The summed E-state index contributed by atoms with van der Waals surface area (Å²) in [6, 6.07) is 0. The SMILES string of the molecule is O=P(O)(OCC(F)(F)F)C(F)(F)F. The number of halogens is 6. The third-order valence-electron chi connectivity index (χ3n) is 0.724. The van der Waals surface area contributed by atoms with E-state index in [1.54, 1.807) is 0 Å². The molecule has 0 aliphatic rings. The molecule has 0 rings (SSSR count). The van der Waals surface area contributed by atoms with Crippen LogP contribution in [0.3, 0.4) is 0 Å². The Labute approximate surface area is 67.8 Å². The molecule has 0 aromatic rings. The molecule has 1 N–H and O–H groups in total. The zero-order chi connectivity index (χ0) is 10.9. The molecule has 0 saturated heterocycles. The number of rotatable bonds is 2. The first-order chi connectivity index (χ1) is 5.46. The lowest BCUT2D eigenvalue weighted by atomic mass is 10.7. The molecule has 0 fully saturated rings. The van der Waals surface area contributed by atoms with E-state index in [1.807, 2.05) is 0 Å². The summed E-state index contributed by atoms with van der Waals surface area (Å²) < 4.78 is 80.8. The molecule has 0 saturated carbocycles. The first-order valence-electron chi connectivity index (χ1n) is 2.56. The molecule has 13 heavy (non-hydrogen) atoms. The van der Waals surface area contributed by atoms with Gasteiger partial charge in [0.1, 0.15) is 0 Å². The van der Waals surface area contributed by atoms with E-state index in [-0.39, 0.29) is 0 Å². The largest absolute Gasteiger partial charge is 0.493 e. The van der Waals surface area contributed by atoms with Gasteiger partial charge in [-0.15, -0.1) is 0 Å². The predicted octanol–water partition coefficient (Wildman–Crippen LogP) is 2.27. The zero-order valence-corrected chi connectivity index (χ0v) is 6.58. The van der Waals surface area contributed by atoms with Gasteiger partial charge >= 0.3 is 19.7 Å². The van der Waals surface area contributed by atoms with E-state index >= 15 is 0 Å². The number of hydrogen-bond acceptors (Lipinski definition) is 2. The van der Waals surface area contributed by atoms with Crippen LogP contribution in [0.5, 0.6) is 0 Å². The summed E-state index contributed by atoms with van der Waals surface area (Å²) >= 11 is 0. The fourth-order valence-electron chi connectivity index (χ4n) is 0.234. The maximum Gasteiger partial charge on any atom is 0.493 e. The third-order valence-corrected chi connectivity index (χ3v) is 1.84. The van der Waals surface area contributed by atoms with Crippen LogP contribution in [0.25, 0.3) is 0 Å². The molecule has 0 amide bonds. The van der Waals surface area contributed by atoms with Gasteiger partial charge in [0.2, 0.25) is 0 Å². The molecule has 80 valence electrons. The van der Waals surface area contributed by atoms with E-state index in [2.05, 4.69) is 4.52 Å². The maximum atomic E-state index is 11.4. The van der Waals surface area contributed by atoms with Gasteiger partial charge in [-0.3, -0.25) is 9.09 Å². The van der Waals surface area contributed by atoms with Crippen LogP contribution in [-0.4, -0.2) is 23.6 Å². The summed E-state index contributed by atoms with van der Waals surface area (Å²) in [5.74, 6) is -5.70. The van der Waals surface area contributed by atoms with E-state index in [0.29, 0.717) is 0 Å². The molecule has 0 aliphatic heterocycles. The molecule has 0 bridgehead atoms. The molecule has 0 radical (unpaired) electrons. The molecule has 10 heteroatoms. The lowest BCUT2D eigenvalue weighted by molar-refractivity contribution is -0.161. The highest BCUT2D eigenvalue weighted by Gasteiger charge is 2.53. The predicted molar refractivity (Wildman–Crippen MR) is 27.9 cm³/mol. The smallest absolute Gasteiger partial charge is 0.318 e. The second kappa shape index (κ2) is 3.47. The average molecular weight is 232 g/mol. The molecular weight excluding hydrogens is 229 g/mol. The van der Waals surface area contributed by atoms with Crippen LogP contribution in [0.15, 0.2) is 0 Å². The van der Waals surface area contributed by atoms with Crippen LogP contribution in [0, 0.1) is 0 Å². The van der Waals surface area contributed by atoms with Crippen molar-refractivity contribution in [2.45, 2.75) is 12.1 Å². The van der Waals surface area contributed by atoms with Crippen LogP contribution < -0.4 is 0 Å². The van der Waals surface area contributed by atoms with Crippen molar-refractivity contribution in [1.29, 1.82) is 0 Å². The highest BCUT2D eigenvalue weighted by molar-refractivity contribution is 7.53. The van der Waals surface area contributed by atoms with Gasteiger partial charge in [-0.1, -0.05) is 0 Å². The van der Waals surface area contributed by atoms with Crippen molar-refractivity contribution in [3.63, 3.8) is 0 Å². The Bertz CT molecular complexity index is 218. The first kappa shape index (κ1) is 12.7. The minimum atomic E-state index is -6.19. The van der Waals surface area contributed by atoms with E-state index in [1.165, 1.54) is 0 Å². The summed E-state index contributed by atoms with van der Waals surface area (Å²) in [5, 5.41) is 0. The van der Waals surface area contributed by atoms with Crippen molar-refractivity contribution in [1.82, 2.24) is 0 Å². The molecule has 0 spiro atoms. The van der Waals surface area contributed by atoms with Gasteiger partial charge in [0.05, 0.1) is 0 Å². The molecular formula is C3H3F6O3P. The van der Waals surface area contributed by atoms with Crippen molar-refractivity contribution in [2.75, 3.05) is 6.61 Å². The minimum absolute atomic E-state index is 2.42. The van der Waals surface area contributed by atoms with Crippen LogP contribution in [0.1, 0.15) is 0 Å². The van der Waals surface area contributed by atoms with Crippen molar-refractivity contribution in [3.05, 3.63) is 0 Å². The van der Waals surface area contributed by atoms with Gasteiger partial charge in [-0.2, -0.15) is 26.3 Å². The third kappa shape index (κ3) is 4.49. The van der Waals surface area contributed by atoms with Crippen molar-refractivity contribution in [3.8, 4) is 0 Å². The summed E-state index contributed by atoms with van der Waals surface area (Å²) in [6.45, 7) is -2.42. The first-order valence-corrected chi connectivity index (χ1v) is 4.14. The van der Waals surface area contributed by atoms with Gasteiger partial charge in [-0.05, 0) is 0 Å². The highest BCUT2D eigenvalue weighted by Crippen LogP contribution is 2.58. The van der Waals surface area contributed by atoms with Gasteiger partial charge in [0.25, 0.3) is 0 Å². The summed E-state index contributed by atoms with van der Waals surface area (Å²) in [7, 11) is -6.19. The van der Waals surface area contributed by atoms with Gasteiger partial charge in [-0.25, -0.2) is 0 Å². The standard InChI is InChI=1S/C3H3F6O3P/c4-2(5,6)1-12-13(10,11)3(7,8)9/h1H2,(H,10,11). The van der Waals surface area contributed by atoms with Crippen LogP contribution >= 0.6 is 7.60 Å². The van der Waals surface area contributed by atoms with Gasteiger partial charge < -0.3 is 4.89 Å². The van der Waals surface area contributed by atoms with E-state index in [9.17, 15) is 30.9 Å². The Balaban J connectivity index is 4.30. The van der Waals surface area contributed by atoms with E-state index in [0.717, 1.165) is 0 Å². The van der Waals surface area contributed by atoms with Gasteiger partial charge in [0, 0.05) is 0 Å². The van der Waals surface area contributed by atoms with Crippen LogP contribution in [-0.2, 0) is 9.09 Å². The Morgan fingerprint density at radius 2 is 1.54 bits per heavy atom. The van der Waals surface area contributed by atoms with E-state index < -0.39 is 26.3 Å². The van der Waals surface area contributed by atoms with Crippen molar-refractivity contribution >= 4 is 7.60 Å².